The SMILES string of the molecule is CC12CCC(C1)C(C)(C)C2Nc1ncnc2c1CCC2. The van der Waals surface area contributed by atoms with Crippen LogP contribution in [0.5, 0.6) is 0 Å². The Morgan fingerprint density at radius 2 is 2.05 bits per heavy atom. The fourth-order valence-electron chi connectivity index (χ4n) is 5.28. The monoisotopic (exact) mass is 271 g/mol. The first kappa shape index (κ1) is 12.6. The minimum absolute atomic E-state index is 0.378. The number of rotatable bonds is 2. The number of hydrogen-bond acceptors (Lipinski definition) is 3. The van der Waals surface area contributed by atoms with Gasteiger partial charge in [0.1, 0.15) is 12.1 Å². The van der Waals surface area contributed by atoms with Crippen molar-refractivity contribution in [1.29, 1.82) is 0 Å². The number of fused-ring (bicyclic) bond motifs is 3. The summed E-state index contributed by atoms with van der Waals surface area (Å²) < 4.78 is 0. The van der Waals surface area contributed by atoms with Crippen molar-refractivity contribution >= 4 is 5.82 Å². The van der Waals surface area contributed by atoms with Crippen LogP contribution in [0.4, 0.5) is 5.82 Å². The summed E-state index contributed by atoms with van der Waals surface area (Å²) in [4.78, 5) is 9.02. The molecular weight excluding hydrogens is 246 g/mol. The molecule has 3 aliphatic rings. The molecule has 1 N–H and O–H groups in total. The second kappa shape index (κ2) is 3.96. The number of anilines is 1. The average molecular weight is 271 g/mol. The summed E-state index contributed by atoms with van der Waals surface area (Å²) >= 11 is 0. The normalized spacial score (nSPS) is 37.1. The highest BCUT2D eigenvalue weighted by atomic mass is 15.1. The Balaban J connectivity index is 1.68. The minimum Gasteiger partial charge on any atom is -0.366 e. The molecule has 3 nitrogen and oxygen atoms in total. The molecule has 3 unspecified atom stereocenters. The van der Waals surface area contributed by atoms with Gasteiger partial charge in [-0.1, -0.05) is 20.8 Å². The van der Waals surface area contributed by atoms with Gasteiger partial charge in [0.2, 0.25) is 0 Å². The Morgan fingerprint density at radius 3 is 2.80 bits per heavy atom. The van der Waals surface area contributed by atoms with Crippen molar-refractivity contribution in [2.24, 2.45) is 16.7 Å². The van der Waals surface area contributed by atoms with Gasteiger partial charge in [-0.2, -0.15) is 0 Å². The van der Waals surface area contributed by atoms with E-state index in [4.69, 9.17) is 0 Å². The van der Waals surface area contributed by atoms with Gasteiger partial charge in [0.25, 0.3) is 0 Å². The van der Waals surface area contributed by atoms with E-state index < -0.39 is 0 Å². The lowest BCUT2D eigenvalue weighted by atomic mass is 9.68. The summed E-state index contributed by atoms with van der Waals surface area (Å²) in [5, 5.41) is 3.85. The molecule has 1 heterocycles. The van der Waals surface area contributed by atoms with Crippen LogP contribution in [0, 0.1) is 16.7 Å². The molecule has 3 heteroatoms. The van der Waals surface area contributed by atoms with Crippen molar-refractivity contribution in [3.8, 4) is 0 Å². The van der Waals surface area contributed by atoms with Crippen LogP contribution in [0.3, 0.4) is 0 Å². The molecule has 108 valence electrons. The summed E-state index contributed by atoms with van der Waals surface area (Å²) in [6.07, 6.45) is 9.40. The van der Waals surface area contributed by atoms with Gasteiger partial charge in [0.05, 0.1) is 0 Å². The highest BCUT2D eigenvalue weighted by molar-refractivity contribution is 5.50. The standard InChI is InChI=1S/C17H25N3/c1-16(2)11-7-8-17(3,9-11)15(16)20-14-12-5-4-6-13(12)18-10-19-14/h10-11,15H,4-9H2,1-3H3,(H,18,19,20). The van der Waals surface area contributed by atoms with Gasteiger partial charge in [-0.3, -0.25) is 0 Å². The Morgan fingerprint density at radius 1 is 1.20 bits per heavy atom. The van der Waals surface area contributed by atoms with Gasteiger partial charge < -0.3 is 5.32 Å². The molecule has 0 radical (unpaired) electrons. The van der Waals surface area contributed by atoms with E-state index in [1.807, 2.05) is 0 Å². The molecule has 0 aromatic carbocycles. The number of hydrogen-bond donors (Lipinski definition) is 1. The lowest BCUT2D eigenvalue weighted by Crippen LogP contribution is -2.46. The lowest BCUT2D eigenvalue weighted by molar-refractivity contribution is 0.155. The largest absolute Gasteiger partial charge is 0.366 e. The molecule has 0 amide bonds. The van der Waals surface area contributed by atoms with Gasteiger partial charge in [0, 0.05) is 17.3 Å². The van der Waals surface area contributed by atoms with E-state index in [2.05, 4.69) is 36.1 Å². The Hall–Kier alpha value is -1.12. The van der Waals surface area contributed by atoms with E-state index in [9.17, 15) is 0 Å². The number of aromatic nitrogens is 2. The van der Waals surface area contributed by atoms with Gasteiger partial charge >= 0.3 is 0 Å². The molecule has 0 spiro atoms. The number of nitrogens with one attached hydrogen (secondary N) is 1. The third-order valence-corrected chi connectivity index (χ3v) is 6.43. The molecule has 2 bridgehead atoms. The van der Waals surface area contributed by atoms with E-state index in [0.717, 1.165) is 24.6 Å². The smallest absolute Gasteiger partial charge is 0.133 e. The molecule has 1 aromatic heterocycles. The molecule has 3 atom stereocenters. The summed E-state index contributed by atoms with van der Waals surface area (Å²) in [6, 6.07) is 0.549. The van der Waals surface area contributed by atoms with Crippen LogP contribution in [0.1, 0.15) is 57.7 Å². The molecule has 3 aliphatic carbocycles. The fourth-order valence-corrected chi connectivity index (χ4v) is 5.28. The molecule has 20 heavy (non-hydrogen) atoms. The Bertz CT molecular complexity index is 546. The quantitative estimate of drug-likeness (QED) is 0.893. The molecule has 2 saturated carbocycles. The van der Waals surface area contributed by atoms with Crippen LogP contribution in [0.15, 0.2) is 6.33 Å². The third kappa shape index (κ3) is 1.58. The van der Waals surface area contributed by atoms with Crippen LogP contribution in [-0.4, -0.2) is 16.0 Å². The molecular formula is C17H25N3. The molecule has 0 saturated heterocycles. The van der Waals surface area contributed by atoms with Gasteiger partial charge in [-0.15, -0.1) is 0 Å². The summed E-state index contributed by atoms with van der Waals surface area (Å²) in [7, 11) is 0. The maximum Gasteiger partial charge on any atom is 0.133 e. The van der Waals surface area contributed by atoms with E-state index in [-0.39, 0.29) is 0 Å². The van der Waals surface area contributed by atoms with Crippen LogP contribution in [0.2, 0.25) is 0 Å². The summed E-state index contributed by atoms with van der Waals surface area (Å²) in [5.41, 5.74) is 3.48. The van der Waals surface area contributed by atoms with Crippen molar-refractivity contribution in [3.63, 3.8) is 0 Å². The van der Waals surface area contributed by atoms with Crippen LogP contribution in [0.25, 0.3) is 0 Å². The second-order valence-electron chi connectivity index (χ2n) is 7.99. The predicted molar refractivity (Wildman–Crippen MR) is 80.7 cm³/mol. The summed E-state index contributed by atoms with van der Waals surface area (Å²) in [6.45, 7) is 7.36. The molecule has 0 aliphatic heterocycles. The molecule has 2 fully saturated rings. The zero-order valence-electron chi connectivity index (χ0n) is 12.9. The van der Waals surface area contributed by atoms with Crippen LogP contribution in [-0.2, 0) is 12.8 Å². The molecule has 1 aromatic rings. The highest BCUT2D eigenvalue weighted by Crippen LogP contribution is 2.63. The van der Waals surface area contributed by atoms with E-state index in [0.29, 0.717) is 16.9 Å². The van der Waals surface area contributed by atoms with Gasteiger partial charge in [-0.25, -0.2) is 9.97 Å². The first-order chi connectivity index (χ1) is 9.51. The Kier molecular flexibility index (Phi) is 2.49. The van der Waals surface area contributed by atoms with Crippen molar-refractivity contribution in [3.05, 3.63) is 17.6 Å². The average Bonchev–Trinajstić information content (AvgIpc) is 3.05. The van der Waals surface area contributed by atoms with Gasteiger partial charge in [-0.05, 0) is 55.3 Å². The number of nitrogens with zero attached hydrogens (tertiary/aromatic N) is 2. The number of aryl methyl sites for hydroxylation is 1. The predicted octanol–water partition coefficient (Wildman–Crippen LogP) is 3.59. The lowest BCUT2D eigenvalue weighted by Gasteiger charge is -2.43. The zero-order chi connectivity index (χ0) is 14.0. The van der Waals surface area contributed by atoms with E-state index in [1.54, 1.807) is 6.33 Å². The third-order valence-electron chi connectivity index (χ3n) is 6.43. The summed E-state index contributed by atoms with van der Waals surface area (Å²) in [5.74, 6) is 2.00. The Labute approximate surface area is 121 Å². The van der Waals surface area contributed by atoms with Crippen LogP contribution < -0.4 is 5.32 Å². The zero-order valence-corrected chi connectivity index (χ0v) is 12.9. The first-order valence-corrected chi connectivity index (χ1v) is 8.10. The van der Waals surface area contributed by atoms with E-state index >= 15 is 0 Å². The first-order valence-electron chi connectivity index (χ1n) is 8.10. The minimum atomic E-state index is 0.378. The van der Waals surface area contributed by atoms with Crippen LogP contribution >= 0.6 is 0 Å². The molecule has 4 rings (SSSR count). The topological polar surface area (TPSA) is 37.8 Å². The highest BCUT2D eigenvalue weighted by Gasteiger charge is 2.59. The maximum atomic E-state index is 4.57. The van der Waals surface area contributed by atoms with Crippen molar-refractivity contribution in [2.45, 2.75) is 65.3 Å². The maximum absolute atomic E-state index is 4.57. The second-order valence-corrected chi connectivity index (χ2v) is 7.99. The fraction of sp³-hybridized carbons (Fsp3) is 0.765. The van der Waals surface area contributed by atoms with E-state index in [1.165, 1.54) is 36.9 Å². The van der Waals surface area contributed by atoms with Crippen molar-refractivity contribution < 1.29 is 0 Å². The van der Waals surface area contributed by atoms with Gasteiger partial charge in [0.15, 0.2) is 0 Å². The van der Waals surface area contributed by atoms with Crippen molar-refractivity contribution in [1.82, 2.24) is 9.97 Å². The van der Waals surface area contributed by atoms with Crippen molar-refractivity contribution in [2.75, 3.05) is 5.32 Å².